The van der Waals surface area contributed by atoms with Crippen molar-refractivity contribution in [3.8, 4) is 5.75 Å². The fourth-order valence-electron chi connectivity index (χ4n) is 1.58. The Morgan fingerprint density at radius 1 is 1.38 bits per heavy atom. The number of halogens is 1. The molecule has 0 unspecified atom stereocenters. The van der Waals surface area contributed by atoms with Crippen LogP contribution in [0.25, 0.3) is 0 Å². The van der Waals surface area contributed by atoms with Crippen LogP contribution in [0.4, 0.5) is 5.69 Å². The molecule has 90 valence electrons. The first-order valence-corrected chi connectivity index (χ1v) is 6.26. The molecule has 16 heavy (non-hydrogen) atoms. The van der Waals surface area contributed by atoms with Crippen molar-refractivity contribution in [2.45, 2.75) is 45.6 Å². The highest BCUT2D eigenvalue weighted by Crippen LogP contribution is 2.27. The van der Waals surface area contributed by atoms with Crippen LogP contribution in [0, 0.1) is 0 Å². The van der Waals surface area contributed by atoms with Gasteiger partial charge >= 0.3 is 0 Å². The van der Waals surface area contributed by atoms with Crippen molar-refractivity contribution >= 4 is 17.3 Å². The highest BCUT2D eigenvalue weighted by molar-refractivity contribution is 6.30. The van der Waals surface area contributed by atoms with Crippen molar-refractivity contribution in [1.82, 2.24) is 0 Å². The lowest BCUT2D eigenvalue weighted by Crippen LogP contribution is -2.15. The molecule has 3 heteroatoms. The van der Waals surface area contributed by atoms with Crippen LogP contribution in [0.5, 0.6) is 5.75 Å². The summed E-state index contributed by atoms with van der Waals surface area (Å²) in [5.74, 6) is 0.743. The summed E-state index contributed by atoms with van der Waals surface area (Å²) < 4.78 is 5.87. The summed E-state index contributed by atoms with van der Waals surface area (Å²) in [6, 6.07) is 5.37. The summed E-state index contributed by atoms with van der Waals surface area (Å²) in [5.41, 5.74) is 6.46. The number of nitrogen functional groups attached to an aromatic ring is 1. The Balaban J connectivity index is 2.62. The fourth-order valence-corrected chi connectivity index (χ4v) is 1.76. The van der Waals surface area contributed by atoms with Crippen molar-refractivity contribution in [1.29, 1.82) is 0 Å². The van der Waals surface area contributed by atoms with Gasteiger partial charge in [0.2, 0.25) is 0 Å². The summed E-state index contributed by atoms with van der Waals surface area (Å²) >= 11 is 5.84. The van der Waals surface area contributed by atoms with E-state index >= 15 is 0 Å². The van der Waals surface area contributed by atoms with Crippen LogP contribution in [0.2, 0.25) is 5.02 Å². The van der Waals surface area contributed by atoms with E-state index in [2.05, 4.69) is 13.8 Å². The zero-order valence-corrected chi connectivity index (χ0v) is 10.8. The molecule has 0 amide bonds. The van der Waals surface area contributed by atoms with Crippen LogP contribution in [0.15, 0.2) is 18.2 Å². The smallest absolute Gasteiger partial charge is 0.142 e. The topological polar surface area (TPSA) is 35.2 Å². The number of nitrogens with two attached hydrogens (primary N) is 1. The Hall–Kier alpha value is -0.890. The van der Waals surface area contributed by atoms with E-state index in [1.165, 1.54) is 12.8 Å². The highest BCUT2D eigenvalue weighted by Gasteiger charge is 2.09. The van der Waals surface area contributed by atoms with E-state index in [1.54, 1.807) is 12.1 Å². The molecule has 2 nitrogen and oxygen atoms in total. The molecular formula is C13H20ClNO. The third-order valence-corrected chi connectivity index (χ3v) is 2.84. The molecule has 0 fully saturated rings. The number of ether oxygens (including phenoxy) is 1. The predicted octanol–water partition coefficient (Wildman–Crippen LogP) is 4.27. The van der Waals surface area contributed by atoms with Gasteiger partial charge in [-0.3, -0.25) is 0 Å². The van der Waals surface area contributed by atoms with E-state index in [1.807, 2.05) is 6.07 Å². The monoisotopic (exact) mass is 241 g/mol. The molecule has 0 spiro atoms. The van der Waals surface area contributed by atoms with Gasteiger partial charge in [-0.2, -0.15) is 0 Å². The van der Waals surface area contributed by atoms with Crippen molar-refractivity contribution in [3.05, 3.63) is 23.2 Å². The average Bonchev–Trinajstić information content (AvgIpc) is 2.27. The lowest BCUT2D eigenvalue weighted by molar-refractivity contribution is 0.184. The molecular weight excluding hydrogens is 222 g/mol. The first-order valence-electron chi connectivity index (χ1n) is 5.89. The third-order valence-electron chi connectivity index (χ3n) is 2.60. The van der Waals surface area contributed by atoms with E-state index < -0.39 is 0 Å². The molecule has 1 atom stereocenters. The number of unbranched alkanes of at least 4 members (excludes halogenated alkanes) is 1. The SMILES string of the molecule is CCCC[C@@H](CC)Oc1ccc(Cl)cc1N. The minimum atomic E-state index is 0.253. The summed E-state index contributed by atoms with van der Waals surface area (Å²) in [6.07, 6.45) is 4.71. The summed E-state index contributed by atoms with van der Waals surface area (Å²) in [6.45, 7) is 4.32. The molecule has 0 aliphatic rings. The zero-order valence-electron chi connectivity index (χ0n) is 10.0. The Bertz CT molecular complexity index is 328. The first-order chi connectivity index (χ1) is 7.67. The predicted molar refractivity (Wildman–Crippen MR) is 70.1 cm³/mol. The van der Waals surface area contributed by atoms with Gasteiger partial charge in [0.15, 0.2) is 0 Å². The minimum absolute atomic E-state index is 0.253. The number of rotatable bonds is 6. The second-order valence-corrected chi connectivity index (χ2v) is 4.41. The van der Waals surface area contributed by atoms with Crippen molar-refractivity contribution in [3.63, 3.8) is 0 Å². The number of hydrogen-bond acceptors (Lipinski definition) is 2. The van der Waals surface area contributed by atoms with Crippen LogP contribution in [0.3, 0.4) is 0 Å². The lowest BCUT2D eigenvalue weighted by Gasteiger charge is -2.18. The minimum Gasteiger partial charge on any atom is -0.488 e. The molecule has 1 aromatic rings. The molecule has 0 radical (unpaired) electrons. The van der Waals surface area contributed by atoms with Crippen LogP contribution in [-0.4, -0.2) is 6.10 Å². The Labute approximate surface area is 103 Å². The van der Waals surface area contributed by atoms with E-state index in [9.17, 15) is 0 Å². The van der Waals surface area contributed by atoms with Gasteiger partial charge in [-0.1, -0.05) is 38.3 Å². The maximum absolute atomic E-state index is 5.87. The molecule has 0 heterocycles. The van der Waals surface area contributed by atoms with Gasteiger partial charge in [-0.15, -0.1) is 0 Å². The first kappa shape index (κ1) is 13.2. The van der Waals surface area contributed by atoms with Gasteiger partial charge < -0.3 is 10.5 Å². The highest BCUT2D eigenvalue weighted by atomic mass is 35.5. The molecule has 0 bridgehead atoms. The number of benzene rings is 1. The summed E-state index contributed by atoms with van der Waals surface area (Å²) in [7, 11) is 0. The normalized spacial score (nSPS) is 12.4. The van der Waals surface area contributed by atoms with Crippen molar-refractivity contribution < 1.29 is 4.74 Å². The summed E-state index contributed by atoms with van der Waals surface area (Å²) in [4.78, 5) is 0. The lowest BCUT2D eigenvalue weighted by atomic mass is 10.1. The molecule has 0 saturated carbocycles. The van der Waals surface area contributed by atoms with Gasteiger partial charge in [0.05, 0.1) is 11.8 Å². The molecule has 1 rings (SSSR count). The van der Waals surface area contributed by atoms with Crippen LogP contribution in [-0.2, 0) is 0 Å². The molecule has 2 N–H and O–H groups in total. The van der Waals surface area contributed by atoms with Gasteiger partial charge in [0, 0.05) is 5.02 Å². The standard InChI is InChI=1S/C13H20ClNO/c1-3-5-6-11(4-2)16-13-8-7-10(14)9-12(13)15/h7-9,11H,3-6,15H2,1-2H3/t11-/m1/s1. The van der Waals surface area contributed by atoms with Crippen LogP contribution < -0.4 is 10.5 Å². The van der Waals surface area contributed by atoms with E-state index in [0.29, 0.717) is 10.7 Å². The van der Waals surface area contributed by atoms with Gasteiger partial charge in [0.1, 0.15) is 5.75 Å². The number of hydrogen-bond donors (Lipinski definition) is 1. The van der Waals surface area contributed by atoms with Crippen molar-refractivity contribution in [2.24, 2.45) is 0 Å². The molecule has 0 saturated heterocycles. The summed E-state index contributed by atoms with van der Waals surface area (Å²) in [5, 5.41) is 0.645. The number of anilines is 1. The Morgan fingerprint density at radius 3 is 2.69 bits per heavy atom. The quantitative estimate of drug-likeness (QED) is 0.755. The Morgan fingerprint density at radius 2 is 2.12 bits per heavy atom. The molecule has 0 aliphatic carbocycles. The van der Waals surface area contributed by atoms with Gasteiger partial charge in [0.25, 0.3) is 0 Å². The van der Waals surface area contributed by atoms with E-state index in [4.69, 9.17) is 22.1 Å². The van der Waals surface area contributed by atoms with Crippen molar-refractivity contribution in [2.75, 3.05) is 5.73 Å². The van der Waals surface area contributed by atoms with Crippen LogP contribution in [0.1, 0.15) is 39.5 Å². The van der Waals surface area contributed by atoms with Gasteiger partial charge in [-0.05, 0) is 31.0 Å². The second-order valence-electron chi connectivity index (χ2n) is 3.97. The Kier molecular flexibility index (Phi) is 5.47. The van der Waals surface area contributed by atoms with E-state index in [-0.39, 0.29) is 6.10 Å². The second kappa shape index (κ2) is 6.64. The van der Waals surface area contributed by atoms with E-state index in [0.717, 1.165) is 18.6 Å². The average molecular weight is 242 g/mol. The van der Waals surface area contributed by atoms with Gasteiger partial charge in [-0.25, -0.2) is 0 Å². The fraction of sp³-hybridized carbons (Fsp3) is 0.538. The molecule has 1 aromatic carbocycles. The molecule has 0 aromatic heterocycles. The maximum Gasteiger partial charge on any atom is 0.142 e. The van der Waals surface area contributed by atoms with Crippen LogP contribution >= 0.6 is 11.6 Å². The molecule has 0 aliphatic heterocycles. The largest absolute Gasteiger partial charge is 0.488 e. The zero-order chi connectivity index (χ0) is 12.0. The third kappa shape index (κ3) is 3.93. The maximum atomic E-state index is 5.87.